The maximum Gasteiger partial charge on any atom is 0.273 e. The Bertz CT molecular complexity index is 1210. The fourth-order valence-corrected chi connectivity index (χ4v) is 4.11. The summed E-state index contributed by atoms with van der Waals surface area (Å²) in [5.41, 5.74) is 3.58. The number of amides is 1. The predicted molar refractivity (Wildman–Crippen MR) is 134 cm³/mol. The second kappa shape index (κ2) is 11.1. The van der Waals surface area contributed by atoms with Gasteiger partial charge in [0.2, 0.25) is 5.89 Å². The van der Waals surface area contributed by atoms with E-state index in [4.69, 9.17) is 16.0 Å². The lowest BCUT2D eigenvalue weighted by Gasteiger charge is -2.28. The van der Waals surface area contributed by atoms with E-state index in [0.717, 1.165) is 11.1 Å². The van der Waals surface area contributed by atoms with Gasteiger partial charge in [-0.2, -0.15) is 0 Å². The molecule has 0 aliphatic heterocycles. The number of hydrogen-bond acceptors (Lipinski definition) is 4. The second-order valence-electron chi connectivity index (χ2n) is 8.35. The van der Waals surface area contributed by atoms with Crippen LogP contribution in [0.25, 0.3) is 0 Å². The summed E-state index contributed by atoms with van der Waals surface area (Å²) >= 11 is 6.22. The van der Waals surface area contributed by atoms with Gasteiger partial charge in [-0.1, -0.05) is 84.4 Å². The van der Waals surface area contributed by atoms with Crippen molar-refractivity contribution in [2.75, 3.05) is 0 Å². The highest BCUT2D eigenvalue weighted by molar-refractivity contribution is 6.30. The highest BCUT2D eigenvalue weighted by atomic mass is 35.5. The molecule has 0 fully saturated rings. The van der Waals surface area contributed by atoms with E-state index in [1.54, 1.807) is 0 Å². The second-order valence-corrected chi connectivity index (χ2v) is 8.79. The molecule has 5 nitrogen and oxygen atoms in total. The van der Waals surface area contributed by atoms with Crippen LogP contribution in [-0.4, -0.2) is 15.8 Å². The predicted octanol–water partition coefficient (Wildman–Crippen LogP) is 6.58. The van der Waals surface area contributed by atoms with Crippen molar-refractivity contribution in [3.05, 3.63) is 124 Å². The van der Waals surface area contributed by atoms with Crippen LogP contribution in [0.1, 0.15) is 59.0 Å². The number of nitrogens with zero attached hydrogens (tertiary/aromatic N) is 2. The Kier molecular flexibility index (Phi) is 7.78. The Balaban J connectivity index is 1.49. The molecule has 4 aromatic rings. The molecular weight excluding hydrogens is 446 g/mol. The van der Waals surface area contributed by atoms with Crippen molar-refractivity contribution >= 4 is 17.5 Å². The third kappa shape index (κ3) is 6.13. The summed E-state index contributed by atoms with van der Waals surface area (Å²) in [6.45, 7) is 5.20. The molecule has 0 aliphatic rings. The first-order chi connectivity index (χ1) is 16.5. The minimum Gasteiger partial charge on any atom is -0.447 e. The summed E-state index contributed by atoms with van der Waals surface area (Å²) in [5.74, 6) is 0.228. The summed E-state index contributed by atoms with van der Waals surface area (Å²) in [7, 11) is 0. The fourth-order valence-electron chi connectivity index (χ4n) is 3.90. The third-order valence-corrected chi connectivity index (χ3v) is 6.11. The monoisotopic (exact) mass is 473 g/mol. The van der Waals surface area contributed by atoms with E-state index in [1.165, 1.54) is 11.8 Å². The van der Waals surface area contributed by atoms with Gasteiger partial charge < -0.3 is 9.73 Å². The van der Waals surface area contributed by atoms with Gasteiger partial charge in [-0.3, -0.25) is 9.69 Å². The quantitative estimate of drug-likeness (QED) is 0.298. The first-order valence-corrected chi connectivity index (χ1v) is 11.7. The number of rotatable bonds is 9. The number of hydrogen-bond donors (Lipinski definition) is 1. The Morgan fingerprint density at radius 2 is 1.62 bits per heavy atom. The van der Waals surface area contributed by atoms with Gasteiger partial charge in [0.15, 0.2) is 5.69 Å². The van der Waals surface area contributed by atoms with Crippen LogP contribution in [0.3, 0.4) is 0 Å². The molecule has 1 aromatic heterocycles. The van der Waals surface area contributed by atoms with Crippen molar-refractivity contribution in [1.29, 1.82) is 0 Å². The van der Waals surface area contributed by atoms with E-state index in [-0.39, 0.29) is 23.7 Å². The minimum absolute atomic E-state index is 0.0995. The fraction of sp³-hybridized carbons (Fsp3) is 0.214. The molecule has 2 atom stereocenters. The Morgan fingerprint density at radius 1 is 0.941 bits per heavy atom. The average Bonchev–Trinajstić information content (AvgIpc) is 3.33. The highest BCUT2D eigenvalue weighted by Gasteiger charge is 2.21. The minimum atomic E-state index is -0.260. The molecule has 0 saturated carbocycles. The van der Waals surface area contributed by atoms with Crippen LogP contribution >= 0.6 is 11.6 Å². The molecule has 2 unspecified atom stereocenters. The van der Waals surface area contributed by atoms with Gasteiger partial charge in [-0.25, -0.2) is 4.98 Å². The molecule has 6 heteroatoms. The molecule has 3 aromatic carbocycles. The lowest BCUT2D eigenvalue weighted by Crippen LogP contribution is -2.28. The van der Waals surface area contributed by atoms with Crippen molar-refractivity contribution < 1.29 is 9.21 Å². The largest absolute Gasteiger partial charge is 0.447 e. The van der Waals surface area contributed by atoms with Gasteiger partial charge >= 0.3 is 0 Å². The zero-order valence-electron chi connectivity index (χ0n) is 19.3. The van der Waals surface area contributed by atoms with Crippen molar-refractivity contribution in [3.8, 4) is 0 Å². The molecule has 0 spiro atoms. The molecule has 0 saturated heterocycles. The first-order valence-electron chi connectivity index (χ1n) is 11.3. The van der Waals surface area contributed by atoms with Gasteiger partial charge in [0.05, 0.1) is 12.6 Å². The van der Waals surface area contributed by atoms with Gasteiger partial charge in [-0.15, -0.1) is 0 Å². The van der Waals surface area contributed by atoms with E-state index < -0.39 is 0 Å². The number of carbonyl (C=O) groups excluding carboxylic acids is 1. The molecular formula is C28H28ClN3O2. The standard InChI is InChI=1S/C28H28ClN3O2/c1-20(23-11-5-3-6-12-23)30-28(33)26-19-34-27(31-26)18-32(17-22-10-9-15-25(29)16-22)21(2)24-13-7-4-8-14-24/h3-16,19-21H,17-18H2,1-2H3,(H,30,33). The molecule has 1 amide bonds. The van der Waals surface area contributed by atoms with Gasteiger partial charge in [0, 0.05) is 17.6 Å². The topological polar surface area (TPSA) is 58.4 Å². The van der Waals surface area contributed by atoms with Crippen LogP contribution in [0, 0.1) is 0 Å². The van der Waals surface area contributed by atoms with E-state index >= 15 is 0 Å². The Morgan fingerprint density at radius 3 is 2.29 bits per heavy atom. The number of carbonyl (C=O) groups is 1. The molecule has 34 heavy (non-hydrogen) atoms. The molecule has 0 aliphatic carbocycles. The molecule has 0 radical (unpaired) electrons. The van der Waals surface area contributed by atoms with E-state index in [2.05, 4.69) is 40.3 Å². The number of oxazole rings is 1. The third-order valence-electron chi connectivity index (χ3n) is 5.87. The lowest BCUT2D eigenvalue weighted by atomic mass is 10.1. The number of aromatic nitrogens is 1. The van der Waals surface area contributed by atoms with Crippen LogP contribution in [0.2, 0.25) is 5.02 Å². The molecule has 0 bridgehead atoms. The van der Waals surface area contributed by atoms with Crippen LogP contribution in [0.4, 0.5) is 0 Å². The van der Waals surface area contributed by atoms with Crippen LogP contribution in [-0.2, 0) is 13.1 Å². The SMILES string of the molecule is CC(NC(=O)c1coc(CN(Cc2cccc(Cl)c2)C(C)c2ccccc2)n1)c1ccccc1. The average molecular weight is 474 g/mol. The Hall–Kier alpha value is -3.41. The van der Waals surface area contributed by atoms with Crippen LogP contribution in [0.5, 0.6) is 0 Å². The summed E-state index contributed by atoms with van der Waals surface area (Å²) in [5, 5.41) is 3.69. The van der Waals surface area contributed by atoms with Crippen molar-refractivity contribution in [3.63, 3.8) is 0 Å². The number of nitrogens with one attached hydrogen (secondary N) is 1. The van der Waals surface area contributed by atoms with Gasteiger partial charge in [-0.05, 0) is 42.7 Å². The summed E-state index contributed by atoms with van der Waals surface area (Å²) in [6, 6.07) is 27.9. The smallest absolute Gasteiger partial charge is 0.273 e. The van der Waals surface area contributed by atoms with E-state index in [9.17, 15) is 4.79 Å². The van der Waals surface area contributed by atoms with E-state index in [1.807, 2.05) is 73.7 Å². The summed E-state index contributed by atoms with van der Waals surface area (Å²) in [6.07, 6.45) is 1.42. The molecule has 4 rings (SSSR count). The maximum atomic E-state index is 12.7. The summed E-state index contributed by atoms with van der Waals surface area (Å²) < 4.78 is 5.71. The molecule has 1 heterocycles. The van der Waals surface area contributed by atoms with Crippen molar-refractivity contribution in [2.45, 2.75) is 39.0 Å². The molecule has 174 valence electrons. The first kappa shape index (κ1) is 23.7. The van der Waals surface area contributed by atoms with Crippen LogP contribution in [0.15, 0.2) is 95.6 Å². The highest BCUT2D eigenvalue weighted by Crippen LogP contribution is 2.25. The summed E-state index contributed by atoms with van der Waals surface area (Å²) in [4.78, 5) is 19.5. The normalized spacial score (nSPS) is 12.9. The number of halogens is 1. The molecule has 1 N–H and O–H groups in total. The maximum absolute atomic E-state index is 12.7. The van der Waals surface area contributed by atoms with Gasteiger partial charge in [0.1, 0.15) is 6.26 Å². The van der Waals surface area contributed by atoms with Gasteiger partial charge in [0.25, 0.3) is 5.91 Å². The van der Waals surface area contributed by atoms with Crippen LogP contribution < -0.4 is 5.32 Å². The van der Waals surface area contributed by atoms with E-state index in [0.29, 0.717) is 24.0 Å². The zero-order chi connectivity index (χ0) is 23.9. The number of benzene rings is 3. The van der Waals surface area contributed by atoms with Crippen molar-refractivity contribution in [2.24, 2.45) is 0 Å². The zero-order valence-corrected chi connectivity index (χ0v) is 20.1. The van der Waals surface area contributed by atoms with Crippen molar-refractivity contribution in [1.82, 2.24) is 15.2 Å². The Labute approximate surface area is 205 Å². The lowest BCUT2D eigenvalue weighted by molar-refractivity contribution is 0.0934.